The van der Waals surface area contributed by atoms with E-state index in [0.29, 0.717) is 12.5 Å². The molecule has 0 bridgehead atoms. The maximum Gasteiger partial charge on any atom is 0.0662 e. The van der Waals surface area contributed by atoms with E-state index >= 15 is 0 Å². The third kappa shape index (κ3) is 1.87. The fourth-order valence-corrected chi connectivity index (χ4v) is 2.25. The molecule has 0 fully saturated rings. The molecule has 1 heterocycles. The lowest BCUT2D eigenvalue weighted by Crippen LogP contribution is -2.04. The summed E-state index contributed by atoms with van der Waals surface area (Å²) in [6.45, 7) is 2.89. The van der Waals surface area contributed by atoms with Crippen LogP contribution in [0.4, 0.5) is 0 Å². The molecule has 0 aliphatic carbocycles. The van der Waals surface area contributed by atoms with Crippen molar-refractivity contribution in [2.45, 2.75) is 19.3 Å². The summed E-state index contributed by atoms with van der Waals surface area (Å²) in [6.07, 6.45) is 2.82. The molecule has 1 atom stereocenters. The maximum absolute atomic E-state index is 6.16. The largest absolute Gasteiger partial charge is 0.360 e. The highest BCUT2D eigenvalue weighted by Gasteiger charge is 2.11. The Morgan fingerprint density at radius 3 is 3.00 bits per heavy atom. The second-order valence-corrected chi connectivity index (χ2v) is 4.29. The number of nitrogens with two attached hydrogens (primary N) is 1. The normalized spacial score (nSPS) is 13.3. The first-order chi connectivity index (χ1) is 7.24. The number of benzene rings is 1. The second kappa shape index (κ2) is 4.25. The number of H-pyrrole nitrogens is 1. The van der Waals surface area contributed by atoms with Crippen LogP contribution >= 0.6 is 11.6 Å². The molecule has 80 valence electrons. The molecule has 2 aromatic rings. The zero-order valence-electron chi connectivity index (χ0n) is 8.76. The van der Waals surface area contributed by atoms with Gasteiger partial charge in [-0.25, -0.2) is 0 Å². The molecule has 0 radical (unpaired) electrons. The Balaban J connectivity index is 2.54. The zero-order chi connectivity index (χ0) is 10.8. The number of hydrogen-bond acceptors (Lipinski definition) is 1. The van der Waals surface area contributed by atoms with Crippen LogP contribution in [0.1, 0.15) is 24.8 Å². The first-order valence-corrected chi connectivity index (χ1v) is 5.57. The van der Waals surface area contributed by atoms with Crippen molar-refractivity contribution in [1.29, 1.82) is 0 Å². The van der Waals surface area contributed by atoms with Gasteiger partial charge in [-0.2, -0.15) is 0 Å². The molecule has 0 aliphatic heterocycles. The summed E-state index contributed by atoms with van der Waals surface area (Å²) >= 11 is 6.16. The number of aromatic nitrogens is 1. The van der Waals surface area contributed by atoms with Crippen molar-refractivity contribution in [3.8, 4) is 0 Å². The quantitative estimate of drug-likeness (QED) is 0.823. The molecule has 0 saturated carbocycles. The van der Waals surface area contributed by atoms with Gasteiger partial charge in [-0.3, -0.25) is 0 Å². The predicted molar refractivity (Wildman–Crippen MR) is 65.4 cm³/mol. The van der Waals surface area contributed by atoms with Gasteiger partial charge in [0.15, 0.2) is 0 Å². The van der Waals surface area contributed by atoms with Crippen molar-refractivity contribution in [3.05, 3.63) is 35.0 Å². The van der Waals surface area contributed by atoms with Crippen LogP contribution in [0.3, 0.4) is 0 Å². The summed E-state index contributed by atoms with van der Waals surface area (Å²) in [7, 11) is 0. The van der Waals surface area contributed by atoms with E-state index in [0.717, 1.165) is 22.3 Å². The first-order valence-electron chi connectivity index (χ1n) is 5.19. The van der Waals surface area contributed by atoms with E-state index in [4.69, 9.17) is 17.3 Å². The van der Waals surface area contributed by atoms with Gasteiger partial charge in [-0.15, -0.1) is 0 Å². The Morgan fingerprint density at radius 2 is 2.27 bits per heavy atom. The molecule has 2 rings (SSSR count). The molecule has 1 aromatic heterocycles. The van der Waals surface area contributed by atoms with Crippen molar-refractivity contribution < 1.29 is 0 Å². The van der Waals surface area contributed by atoms with Gasteiger partial charge in [0.1, 0.15) is 0 Å². The van der Waals surface area contributed by atoms with E-state index in [1.54, 1.807) is 0 Å². The Labute approximate surface area is 94.4 Å². The highest BCUT2D eigenvalue weighted by atomic mass is 35.5. The van der Waals surface area contributed by atoms with Gasteiger partial charge in [-0.05, 0) is 30.5 Å². The van der Waals surface area contributed by atoms with E-state index in [9.17, 15) is 0 Å². The molecule has 3 heteroatoms. The summed E-state index contributed by atoms with van der Waals surface area (Å²) < 4.78 is 0. The van der Waals surface area contributed by atoms with Gasteiger partial charge in [0.2, 0.25) is 0 Å². The number of rotatable bonds is 3. The van der Waals surface area contributed by atoms with Crippen LogP contribution in [0.5, 0.6) is 0 Å². The molecular weight excluding hydrogens is 208 g/mol. The van der Waals surface area contributed by atoms with Crippen LogP contribution in [0, 0.1) is 0 Å². The van der Waals surface area contributed by atoms with Crippen molar-refractivity contribution in [3.63, 3.8) is 0 Å². The van der Waals surface area contributed by atoms with E-state index in [1.807, 2.05) is 12.3 Å². The smallest absolute Gasteiger partial charge is 0.0662 e. The summed E-state index contributed by atoms with van der Waals surface area (Å²) in [4.78, 5) is 3.16. The maximum atomic E-state index is 6.16. The minimum Gasteiger partial charge on any atom is -0.360 e. The van der Waals surface area contributed by atoms with Gasteiger partial charge in [0.05, 0.1) is 5.02 Å². The standard InChI is InChI=1S/C12H15ClN2/c1-8(5-6-14)9-3-2-4-11-12(9)10(13)7-15-11/h2-4,7-8,15H,5-6,14H2,1H3. The summed E-state index contributed by atoms with van der Waals surface area (Å²) in [6, 6.07) is 6.22. The van der Waals surface area contributed by atoms with Crippen molar-refractivity contribution in [2.24, 2.45) is 5.73 Å². The highest BCUT2D eigenvalue weighted by Crippen LogP contribution is 2.32. The lowest BCUT2D eigenvalue weighted by Gasteiger charge is -2.12. The molecule has 0 aliphatic rings. The summed E-state index contributed by atoms with van der Waals surface area (Å²) in [5.41, 5.74) is 7.96. The minimum absolute atomic E-state index is 0.451. The van der Waals surface area contributed by atoms with E-state index in [1.165, 1.54) is 5.56 Å². The van der Waals surface area contributed by atoms with Crippen molar-refractivity contribution in [2.75, 3.05) is 6.54 Å². The Hall–Kier alpha value is -0.990. The molecular formula is C12H15ClN2. The number of aromatic amines is 1. The monoisotopic (exact) mass is 222 g/mol. The Morgan fingerprint density at radius 1 is 1.47 bits per heavy atom. The minimum atomic E-state index is 0.451. The van der Waals surface area contributed by atoms with E-state index in [-0.39, 0.29) is 0 Å². The third-order valence-electron chi connectivity index (χ3n) is 2.82. The zero-order valence-corrected chi connectivity index (χ0v) is 9.51. The molecule has 15 heavy (non-hydrogen) atoms. The van der Waals surface area contributed by atoms with Crippen LogP contribution in [-0.2, 0) is 0 Å². The number of fused-ring (bicyclic) bond motifs is 1. The fraction of sp³-hybridized carbons (Fsp3) is 0.333. The van der Waals surface area contributed by atoms with Gasteiger partial charge in [0.25, 0.3) is 0 Å². The molecule has 3 N–H and O–H groups in total. The molecule has 0 amide bonds. The van der Waals surface area contributed by atoms with Crippen LogP contribution in [-0.4, -0.2) is 11.5 Å². The molecule has 1 unspecified atom stereocenters. The molecule has 1 aromatic carbocycles. The third-order valence-corrected chi connectivity index (χ3v) is 3.12. The molecule has 2 nitrogen and oxygen atoms in total. The highest BCUT2D eigenvalue weighted by molar-refractivity contribution is 6.35. The van der Waals surface area contributed by atoms with Crippen LogP contribution in [0.2, 0.25) is 5.02 Å². The van der Waals surface area contributed by atoms with Crippen LogP contribution in [0.15, 0.2) is 24.4 Å². The Bertz CT molecular complexity index is 462. The average molecular weight is 223 g/mol. The molecule has 0 spiro atoms. The number of nitrogens with one attached hydrogen (secondary N) is 1. The Kier molecular flexibility index (Phi) is 2.98. The van der Waals surface area contributed by atoms with Gasteiger partial charge >= 0.3 is 0 Å². The SMILES string of the molecule is CC(CCN)c1cccc2[nH]cc(Cl)c12. The number of hydrogen-bond donors (Lipinski definition) is 2. The van der Waals surface area contributed by atoms with Gasteiger partial charge in [0, 0.05) is 17.1 Å². The van der Waals surface area contributed by atoms with E-state index < -0.39 is 0 Å². The topological polar surface area (TPSA) is 41.8 Å². The van der Waals surface area contributed by atoms with Crippen molar-refractivity contribution in [1.82, 2.24) is 4.98 Å². The second-order valence-electron chi connectivity index (χ2n) is 3.88. The van der Waals surface area contributed by atoms with E-state index in [2.05, 4.69) is 24.0 Å². The fourth-order valence-electron chi connectivity index (χ4n) is 1.99. The lowest BCUT2D eigenvalue weighted by atomic mass is 9.95. The van der Waals surface area contributed by atoms with Crippen LogP contribution < -0.4 is 5.73 Å². The van der Waals surface area contributed by atoms with Gasteiger partial charge in [-0.1, -0.05) is 30.7 Å². The van der Waals surface area contributed by atoms with Crippen molar-refractivity contribution >= 4 is 22.5 Å². The van der Waals surface area contributed by atoms with Crippen LogP contribution in [0.25, 0.3) is 10.9 Å². The number of halogens is 1. The average Bonchev–Trinajstić information content (AvgIpc) is 2.61. The van der Waals surface area contributed by atoms with Gasteiger partial charge < -0.3 is 10.7 Å². The molecule has 0 saturated heterocycles. The lowest BCUT2D eigenvalue weighted by molar-refractivity contribution is 0.695. The summed E-state index contributed by atoms with van der Waals surface area (Å²) in [5, 5.41) is 1.93. The summed E-state index contributed by atoms with van der Waals surface area (Å²) in [5.74, 6) is 0.451. The predicted octanol–water partition coefficient (Wildman–Crippen LogP) is 3.27. The first kappa shape index (κ1) is 10.5.